The Morgan fingerprint density at radius 3 is 2.86 bits per heavy atom. The van der Waals surface area contributed by atoms with E-state index in [2.05, 4.69) is 4.98 Å². The molecule has 2 heterocycles. The van der Waals surface area contributed by atoms with E-state index in [1.165, 1.54) is 11.3 Å². The summed E-state index contributed by atoms with van der Waals surface area (Å²) in [5, 5.41) is 2.67. The Hall–Kier alpha value is -1.79. The summed E-state index contributed by atoms with van der Waals surface area (Å²) in [7, 11) is 0. The van der Waals surface area contributed by atoms with Crippen molar-refractivity contribution in [2.75, 3.05) is 12.4 Å². The van der Waals surface area contributed by atoms with Gasteiger partial charge in [-0.1, -0.05) is 30.0 Å². The van der Waals surface area contributed by atoms with Gasteiger partial charge in [-0.3, -0.25) is 9.36 Å². The normalized spacial score (nSPS) is 11.0. The van der Waals surface area contributed by atoms with Crippen molar-refractivity contribution in [3.63, 3.8) is 0 Å². The van der Waals surface area contributed by atoms with Crippen LogP contribution in [0.15, 0.2) is 51.7 Å². The van der Waals surface area contributed by atoms with Gasteiger partial charge in [0, 0.05) is 12.3 Å². The van der Waals surface area contributed by atoms with Crippen LogP contribution in [0.2, 0.25) is 0 Å². The Balaban J connectivity index is 1.69. The van der Waals surface area contributed by atoms with E-state index < -0.39 is 0 Å². The van der Waals surface area contributed by atoms with Crippen molar-refractivity contribution < 1.29 is 4.74 Å². The highest BCUT2D eigenvalue weighted by Gasteiger charge is 2.11. The van der Waals surface area contributed by atoms with Crippen molar-refractivity contribution >= 4 is 33.3 Å². The van der Waals surface area contributed by atoms with E-state index in [-0.39, 0.29) is 5.56 Å². The van der Waals surface area contributed by atoms with Gasteiger partial charge in [-0.25, -0.2) is 4.98 Å². The number of nitrogens with zero attached hydrogens (tertiary/aromatic N) is 2. The zero-order valence-corrected chi connectivity index (χ0v) is 13.8. The Bertz CT molecular complexity index is 812. The highest BCUT2D eigenvalue weighted by atomic mass is 32.2. The summed E-state index contributed by atoms with van der Waals surface area (Å²) in [5.41, 5.74) is 0.833. The molecule has 3 rings (SSSR count). The van der Waals surface area contributed by atoms with Crippen LogP contribution < -0.4 is 10.3 Å². The Labute approximate surface area is 136 Å². The van der Waals surface area contributed by atoms with Crippen molar-refractivity contribution in [3.8, 4) is 5.75 Å². The first-order chi connectivity index (χ1) is 10.8. The molecule has 0 amide bonds. The molecule has 0 unspecified atom stereocenters. The maximum Gasteiger partial charge on any atom is 0.272 e. The molecule has 114 valence electrons. The van der Waals surface area contributed by atoms with Gasteiger partial charge in [-0.2, -0.15) is 0 Å². The minimum Gasteiger partial charge on any atom is -0.493 e. The van der Waals surface area contributed by atoms with Crippen LogP contribution >= 0.6 is 23.1 Å². The lowest BCUT2D eigenvalue weighted by molar-refractivity contribution is 0.344. The number of thioether (sulfide) groups is 1. The molecule has 0 bridgehead atoms. The summed E-state index contributed by atoms with van der Waals surface area (Å²) >= 11 is 3.00. The summed E-state index contributed by atoms with van der Waals surface area (Å²) < 4.78 is 8.13. The van der Waals surface area contributed by atoms with Crippen molar-refractivity contribution in [1.29, 1.82) is 0 Å². The molecular weight excluding hydrogens is 316 g/mol. The van der Waals surface area contributed by atoms with E-state index in [9.17, 15) is 4.79 Å². The van der Waals surface area contributed by atoms with Gasteiger partial charge in [0.1, 0.15) is 10.4 Å². The Morgan fingerprint density at radius 1 is 1.27 bits per heavy atom. The second-order valence-electron chi connectivity index (χ2n) is 4.59. The molecule has 6 heteroatoms. The fourth-order valence-corrected chi connectivity index (χ4v) is 3.78. The standard InChI is InChI=1S/C16H16N2O2S2/c1-2-18-15(19)14-13(8-10-21-14)17-16(18)22-11-9-20-12-6-4-3-5-7-12/h3-8,10H,2,9,11H2,1H3. The molecule has 0 aliphatic carbocycles. The molecule has 0 spiro atoms. The number of fused-ring (bicyclic) bond motifs is 1. The van der Waals surface area contributed by atoms with E-state index in [1.807, 2.05) is 48.7 Å². The molecule has 3 aromatic rings. The highest BCUT2D eigenvalue weighted by molar-refractivity contribution is 7.99. The minimum atomic E-state index is 0.0500. The first kappa shape index (κ1) is 15.1. The van der Waals surface area contributed by atoms with Gasteiger partial charge in [-0.05, 0) is 30.5 Å². The lowest BCUT2D eigenvalue weighted by Gasteiger charge is -2.10. The van der Waals surface area contributed by atoms with Crippen LogP contribution in [0.3, 0.4) is 0 Å². The molecule has 4 nitrogen and oxygen atoms in total. The lowest BCUT2D eigenvalue weighted by Crippen LogP contribution is -2.21. The van der Waals surface area contributed by atoms with Gasteiger partial charge >= 0.3 is 0 Å². The third-order valence-corrected chi connectivity index (χ3v) is 5.01. The van der Waals surface area contributed by atoms with Gasteiger partial charge in [0.15, 0.2) is 5.16 Å². The summed E-state index contributed by atoms with van der Waals surface area (Å²) in [4.78, 5) is 17.0. The quantitative estimate of drug-likeness (QED) is 0.393. The second kappa shape index (κ2) is 6.98. The molecule has 0 atom stereocenters. The largest absolute Gasteiger partial charge is 0.493 e. The highest BCUT2D eigenvalue weighted by Crippen LogP contribution is 2.21. The summed E-state index contributed by atoms with van der Waals surface area (Å²) in [6.45, 7) is 3.17. The SMILES string of the molecule is CCn1c(SCCOc2ccccc2)nc2ccsc2c1=O. The molecule has 0 aliphatic rings. The van der Waals surface area contributed by atoms with E-state index in [0.717, 1.165) is 26.9 Å². The number of hydrogen-bond donors (Lipinski definition) is 0. The third-order valence-electron chi connectivity index (χ3n) is 3.17. The summed E-state index contributed by atoms with van der Waals surface area (Å²) in [6, 6.07) is 11.6. The molecule has 2 aromatic heterocycles. The van der Waals surface area contributed by atoms with Crippen LogP contribution in [-0.4, -0.2) is 21.9 Å². The van der Waals surface area contributed by atoms with Crippen molar-refractivity contribution in [2.24, 2.45) is 0 Å². The molecule has 22 heavy (non-hydrogen) atoms. The van der Waals surface area contributed by atoms with Crippen molar-refractivity contribution in [3.05, 3.63) is 52.1 Å². The van der Waals surface area contributed by atoms with Crippen LogP contribution in [0, 0.1) is 0 Å². The van der Waals surface area contributed by atoms with E-state index in [1.54, 1.807) is 16.3 Å². The number of hydrogen-bond acceptors (Lipinski definition) is 5. The van der Waals surface area contributed by atoms with E-state index >= 15 is 0 Å². The maximum atomic E-state index is 12.4. The van der Waals surface area contributed by atoms with Crippen LogP contribution in [0.1, 0.15) is 6.92 Å². The molecule has 1 aromatic carbocycles. The molecule has 0 fully saturated rings. The first-order valence-corrected chi connectivity index (χ1v) is 8.95. The number of benzene rings is 1. The molecule has 0 aliphatic heterocycles. The van der Waals surface area contributed by atoms with Gasteiger partial charge in [0.2, 0.25) is 0 Å². The van der Waals surface area contributed by atoms with E-state index in [4.69, 9.17) is 4.74 Å². The number of rotatable bonds is 6. The van der Waals surface area contributed by atoms with Gasteiger partial charge in [-0.15, -0.1) is 11.3 Å². The average Bonchev–Trinajstić information content (AvgIpc) is 3.01. The molecule has 0 saturated carbocycles. The van der Waals surface area contributed by atoms with Crippen LogP contribution in [-0.2, 0) is 6.54 Å². The minimum absolute atomic E-state index is 0.0500. The molecule has 0 N–H and O–H groups in total. The van der Waals surface area contributed by atoms with Crippen LogP contribution in [0.25, 0.3) is 10.2 Å². The number of thiophene rings is 1. The predicted octanol–water partition coefficient (Wildman–Crippen LogP) is 3.65. The lowest BCUT2D eigenvalue weighted by atomic mass is 10.3. The maximum absolute atomic E-state index is 12.4. The zero-order valence-electron chi connectivity index (χ0n) is 12.2. The molecule has 0 saturated heterocycles. The van der Waals surface area contributed by atoms with E-state index in [0.29, 0.717) is 13.2 Å². The Morgan fingerprint density at radius 2 is 2.09 bits per heavy atom. The predicted molar refractivity (Wildman–Crippen MR) is 92.2 cm³/mol. The van der Waals surface area contributed by atoms with Crippen molar-refractivity contribution in [2.45, 2.75) is 18.6 Å². The van der Waals surface area contributed by atoms with Crippen LogP contribution in [0.4, 0.5) is 0 Å². The molecule has 0 radical (unpaired) electrons. The van der Waals surface area contributed by atoms with Gasteiger partial charge in [0.25, 0.3) is 5.56 Å². The number of ether oxygens (including phenoxy) is 1. The smallest absolute Gasteiger partial charge is 0.272 e. The van der Waals surface area contributed by atoms with Gasteiger partial charge < -0.3 is 4.74 Å². The monoisotopic (exact) mass is 332 g/mol. The molecular formula is C16H16N2O2S2. The zero-order chi connectivity index (χ0) is 15.4. The fourth-order valence-electron chi connectivity index (χ4n) is 2.12. The fraction of sp³-hybridized carbons (Fsp3) is 0.250. The Kier molecular flexibility index (Phi) is 4.80. The average molecular weight is 332 g/mol. The third kappa shape index (κ3) is 3.18. The topological polar surface area (TPSA) is 44.1 Å². The number of aromatic nitrogens is 2. The summed E-state index contributed by atoms with van der Waals surface area (Å²) in [5.74, 6) is 1.61. The van der Waals surface area contributed by atoms with Crippen LogP contribution in [0.5, 0.6) is 5.75 Å². The van der Waals surface area contributed by atoms with Gasteiger partial charge in [0.05, 0.1) is 12.1 Å². The van der Waals surface area contributed by atoms with Crippen molar-refractivity contribution in [1.82, 2.24) is 9.55 Å². The second-order valence-corrected chi connectivity index (χ2v) is 6.57. The summed E-state index contributed by atoms with van der Waals surface area (Å²) in [6.07, 6.45) is 0. The number of para-hydroxylation sites is 1. The first-order valence-electron chi connectivity index (χ1n) is 7.08.